The Hall–Kier alpha value is -2.19. The van der Waals surface area contributed by atoms with Gasteiger partial charge in [-0.3, -0.25) is 14.4 Å². The lowest BCUT2D eigenvalue weighted by atomic mass is 9.88. The molecule has 2 aromatic rings. The fourth-order valence-electron chi connectivity index (χ4n) is 3.92. The molecule has 2 aromatic heterocycles. The number of nitrogens with one attached hydrogen (secondary N) is 1. The summed E-state index contributed by atoms with van der Waals surface area (Å²) in [6.07, 6.45) is 8.91. The van der Waals surface area contributed by atoms with Crippen LogP contribution in [0.3, 0.4) is 0 Å². The van der Waals surface area contributed by atoms with Gasteiger partial charge >= 0.3 is 0 Å². The number of hydrogen-bond acceptors (Lipinski definition) is 5. The molecule has 0 aliphatic carbocycles. The first-order valence-corrected chi connectivity index (χ1v) is 8.70. The molecule has 1 unspecified atom stereocenters. The van der Waals surface area contributed by atoms with Crippen LogP contribution in [-0.2, 0) is 35.3 Å². The molecular formula is C17H24N6O2. The van der Waals surface area contributed by atoms with E-state index >= 15 is 0 Å². The molecular weight excluding hydrogens is 320 g/mol. The van der Waals surface area contributed by atoms with E-state index in [4.69, 9.17) is 4.74 Å². The number of carbonyl (C=O) groups excluding carboxylic acids is 1. The second kappa shape index (κ2) is 6.27. The summed E-state index contributed by atoms with van der Waals surface area (Å²) < 4.78 is 10.2. The van der Waals surface area contributed by atoms with Gasteiger partial charge in [-0.2, -0.15) is 5.10 Å². The number of aromatic nitrogens is 4. The van der Waals surface area contributed by atoms with Crippen LogP contribution in [0.1, 0.15) is 24.2 Å². The molecule has 2 aliphatic rings. The van der Waals surface area contributed by atoms with E-state index in [1.165, 1.54) is 5.56 Å². The van der Waals surface area contributed by atoms with Crippen LogP contribution >= 0.6 is 0 Å². The summed E-state index contributed by atoms with van der Waals surface area (Å²) in [6, 6.07) is 0. The smallest absolute Gasteiger partial charge is 0.250 e. The average molecular weight is 344 g/mol. The zero-order valence-corrected chi connectivity index (χ0v) is 14.7. The number of piperidine rings is 1. The molecule has 0 bridgehead atoms. The zero-order valence-electron chi connectivity index (χ0n) is 14.7. The van der Waals surface area contributed by atoms with E-state index in [2.05, 4.69) is 31.1 Å². The molecule has 4 rings (SSSR count). The molecule has 1 spiro atoms. The minimum Gasteiger partial charge on any atom is -0.357 e. The van der Waals surface area contributed by atoms with Gasteiger partial charge in [-0.1, -0.05) is 0 Å². The van der Waals surface area contributed by atoms with Gasteiger partial charge in [0, 0.05) is 57.9 Å². The van der Waals surface area contributed by atoms with Crippen molar-refractivity contribution < 1.29 is 9.53 Å². The Morgan fingerprint density at radius 1 is 1.44 bits per heavy atom. The monoisotopic (exact) mass is 344 g/mol. The van der Waals surface area contributed by atoms with E-state index in [1.54, 1.807) is 13.2 Å². The number of aryl methyl sites for hydroxylation is 1. The molecule has 8 heteroatoms. The highest BCUT2D eigenvalue weighted by Crippen LogP contribution is 2.40. The number of carbonyl (C=O) groups is 1. The Morgan fingerprint density at radius 2 is 2.24 bits per heavy atom. The first-order chi connectivity index (χ1) is 12.1. The summed E-state index contributed by atoms with van der Waals surface area (Å²) in [6.45, 7) is 3.22. The van der Waals surface area contributed by atoms with E-state index < -0.39 is 11.7 Å². The van der Waals surface area contributed by atoms with E-state index in [9.17, 15) is 4.79 Å². The number of likely N-dealkylation sites (tertiary alicyclic amines) is 1. The van der Waals surface area contributed by atoms with Crippen molar-refractivity contribution in [2.45, 2.75) is 37.6 Å². The van der Waals surface area contributed by atoms with Gasteiger partial charge < -0.3 is 14.6 Å². The normalized spacial score (nSPS) is 22.7. The van der Waals surface area contributed by atoms with Crippen LogP contribution in [0, 0.1) is 0 Å². The van der Waals surface area contributed by atoms with Crippen LogP contribution in [0.2, 0.25) is 0 Å². The SMILES string of the molecule is CNC(=O)C1Cn2ccnc2C2(CCN(Cc3cnn(C)c3)CC2)O1. The molecule has 4 heterocycles. The predicted octanol–water partition coefficient (Wildman–Crippen LogP) is 0.253. The van der Waals surface area contributed by atoms with Crippen molar-refractivity contribution in [1.29, 1.82) is 0 Å². The van der Waals surface area contributed by atoms with Crippen LogP contribution in [0.4, 0.5) is 0 Å². The lowest BCUT2D eigenvalue weighted by Gasteiger charge is -2.45. The van der Waals surface area contributed by atoms with Gasteiger partial charge in [-0.25, -0.2) is 4.98 Å². The standard InChI is InChI=1S/C17H24N6O2/c1-18-15(24)14-12-23-8-5-19-16(23)17(25-14)3-6-22(7-4-17)11-13-9-20-21(2)10-13/h5,8-10,14H,3-4,6-7,11-12H2,1-2H3,(H,18,24). The molecule has 0 aromatic carbocycles. The van der Waals surface area contributed by atoms with Crippen molar-refractivity contribution >= 4 is 5.91 Å². The highest BCUT2D eigenvalue weighted by molar-refractivity contribution is 5.80. The highest BCUT2D eigenvalue weighted by Gasteiger charge is 2.46. The number of amides is 1. The summed E-state index contributed by atoms with van der Waals surface area (Å²) >= 11 is 0. The lowest BCUT2D eigenvalue weighted by molar-refractivity contribution is -0.173. The quantitative estimate of drug-likeness (QED) is 0.864. The van der Waals surface area contributed by atoms with Gasteiger partial charge in [0.1, 0.15) is 11.4 Å². The van der Waals surface area contributed by atoms with Crippen molar-refractivity contribution in [1.82, 2.24) is 29.5 Å². The summed E-state index contributed by atoms with van der Waals surface area (Å²) in [7, 11) is 3.58. The van der Waals surface area contributed by atoms with Crippen molar-refractivity contribution in [3.05, 3.63) is 36.2 Å². The van der Waals surface area contributed by atoms with Crippen molar-refractivity contribution in [2.24, 2.45) is 7.05 Å². The number of nitrogens with zero attached hydrogens (tertiary/aromatic N) is 5. The third kappa shape index (κ3) is 2.96. The first kappa shape index (κ1) is 16.3. The first-order valence-electron chi connectivity index (χ1n) is 8.70. The fourth-order valence-corrected chi connectivity index (χ4v) is 3.92. The minimum atomic E-state index is -0.468. The average Bonchev–Trinajstić information content (AvgIpc) is 3.25. The maximum atomic E-state index is 12.1. The van der Waals surface area contributed by atoms with E-state index in [0.29, 0.717) is 6.54 Å². The molecule has 0 radical (unpaired) electrons. The maximum absolute atomic E-state index is 12.1. The number of fused-ring (bicyclic) bond motifs is 2. The summed E-state index contributed by atoms with van der Waals surface area (Å²) in [5.74, 6) is 0.880. The van der Waals surface area contributed by atoms with Crippen molar-refractivity contribution in [3.8, 4) is 0 Å². The number of likely N-dealkylation sites (N-methyl/N-ethyl adjacent to an activating group) is 1. The van der Waals surface area contributed by atoms with Gasteiger partial charge in [-0.05, 0) is 12.8 Å². The van der Waals surface area contributed by atoms with E-state index in [0.717, 1.165) is 38.3 Å². The van der Waals surface area contributed by atoms with Crippen molar-refractivity contribution in [2.75, 3.05) is 20.1 Å². The minimum absolute atomic E-state index is 0.0727. The second-order valence-corrected chi connectivity index (χ2v) is 6.92. The molecule has 8 nitrogen and oxygen atoms in total. The van der Waals surface area contributed by atoms with Crippen LogP contribution in [0.5, 0.6) is 0 Å². The van der Waals surface area contributed by atoms with Gasteiger partial charge in [0.05, 0.1) is 12.7 Å². The van der Waals surface area contributed by atoms with Gasteiger partial charge in [0.15, 0.2) is 6.10 Å². The van der Waals surface area contributed by atoms with Crippen LogP contribution < -0.4 is 5.32 Å². The summed E-state index contributed by atoms with van der Waals surface area (Å²) in [5, 5.41) is 6.94. The number of hydrogen-bond donors (Lipinski definition) is 1. The van der Waals surface area contributed by atoms with Gasteiger partial charge in [0.25, 0.3) is 5.91 Å². The molecule has 134 valence electrons. The van der Waals surface area contributed by atoms with Crippen LogP contribution in [0.25, 0.3) is 0 Å². The van der Waals surface area contributed by atoms with E-state index in [1.807, 2.05) is 24.1 Å². The number of rotatable bonds is 3. The molecule has 1 N–H and O–H groups in total. The molecule has 25 heavy (non-hydrogen) atoms. The van der Waals surface area contributed by atoms with Crippen molar-refractivity contribution in [3.63, 3.8) is 0 Å². The Balaban J connectivity index is 1.50. The maximum Gasteiger partial charge on any atom is 0.250 e. The Kier molecular flexibility index (Phi) is 4.09. The molecule has 1 amide bonds. The number of imidazole rings is 1. The van der Waals surface area contributed by atoms with E-state index in [-0.39, 0.29) is 5.91 Å². The third-order valence-electron chi connectivity index (χ3n) is 5.22. The largest absolute Gasteiger partial charge is 0.357 e. The fraction of sp³-hybridized carbons (Fsp3) is 0.588. The highest BCUT2D eigenvalue weighted by atomic mass is 16.5. The number of ether oxygens (including phenoxy) is 1. The summed E-state index contributed by atoms with van der Waals surface area (Å²) in [4.78, 5) is 19.1. The molecule has 1 saturated heterocycles. The topological polar surface area (TPSA) is 77.2 Å². The zero-order chi connectivity index (χ0) is 17.4. The molecule has 1 atom stereocenters. The third-order valence-corrected chi connectivity index (χ3v) is 5.22. The summed E-state index contributed by atoms with van der Waals surface area (Å²) in [5.41, 5.74) is 0.748. The van der Waals surface area contributed by atoms with Gasteiger partial charge in [0.2, 0.25) is 0 Å². The Bertz CT molecular complexity index is 759. The Morgan fingerprint density at radius 3 is 2.92 bits per heavy atom. The molecule has 0 saturated carbocycles. The lowest BCUT2D eigenvalue weighted by Crippen LogP contribution is -2.53. The predicted molar refractivity (Wildman–Crippen MR) is 90.6 cm³/mol. The Labute approximate surface area is 146 Å². The molecule has 2 aliphatic heterocycles. The second-order valence-electron chi connectivity index (χ2n) is 6.92. The van der Waals surface area contributed by atoms with Gasteiger partial charge in [-0.15, -0.1) is 0 Å². The molecule has 1 fully saturated rings. The van der Waals surface area contributed by atoms with Crippen LogP contribution in [-0.4, -0.2) is 56.4 Å². The van der Waals surface area contributed by atoms with Crippen LogP contribution in [0.15, 0.2) is 24.8 Å².